The van der Waals surface area contributed by atoms with Crippen molar-refractivity contribution in [2.24, 2.45) is 5.92 Å². The molecule has 1 aromatic rings. The van der Waals surface area contributed by atoms with Crippen LogP contribution in [0.5, 0.6) is 0 Å². The van der Waals surface area contributed by atoms with Crippen LogP contribution in [-0.2, 0) is 4.79 Å². The molecule has 2 atom stereocenters. The van der Waals surface area contributed by atoms with Crippen LogP contribution >= 0.6 is 34.5 Å². The Kier molecular flexibility index (Phi) is 4.14. The average Bonchev–Trinajstić information content (AvgIpc) is 2.85. The molecule has 1 amide bonds. The van der Waals surface area contributed by atoms with Crippen LogP contribution in [0.15, 0.2) is 6.07 Å². The number of rotatable bonds is 3. The summed E-state index contributed by atoms with van der Waals surface area (Å²) in [6.07, 6.45) is 1.74. The van der Waals surface area contributed by atoms with Gasteiger partial charge >= 0.3 is 5.97 Å². The highest BCUT2D eigenvalue weighted by Gasteiger charge is 2.31. The van der Waals surface area contributed by atoms with Crippen LogP contribution in [0.4, 0.5) is 0 Å². The summed E-state index contributed by atoms with van der Waals surface area (Å²) in [5.74, 6) is -1.46. The summed E-state index contributed by atoms with van der Waals surface area (Å²) in [4.78, 5) is 22.7. The van der Waals surface area contributed by atoms with E-state index in [0.29, 0.717) is 33.5 Å². The van der Waals surface area contributed by atoms with Crippen molar-refractivity contribution < 1.29 is 14.7 Å². The summed E-state index contributed by atoms with van der Waals surface area (Å²) in [7, 11) is 0. The summed E-state index contributed by atoms with van der Waals surface area (Å²) in [5, 5.41) is 11.7. The zero-order valence-electron chi connectivity index (χ0n) is 9.28. The Morgan fingerprint density at radius 1 is 1.39 bits per heavy atom. The molecule has 1 aromatic heterocycles. The molecule has 1 saturated carbocycles. The first kappa shape index (κ1) is 13.6. The molecule has 0 unspecified atom stereocenters. The van der Waals surface area contributed by atoms with E-state index < -0.39 is 5.97 Å². The van der Waals surface area contributed by atoms with Crippen molar-refractivity contribution >= 4 is 46.4 Å². The minimum atomic E-state index is -0.802. The van der Waals surface area contributed by atoms with Gasteiger partial charge in [-0.2, -0.15) is 0 Å². The molecule has 0 aromatic carbocycles. The number of carbonyl (C=O) groups is 2. The van der Waals surface area contributed by atoms with Crippen LogP contribution in [0.25, 0.3) is 0 Å². The number of thiophene rings is 1. The van der Waals surface area contributed by atoms with Crippen molar-refractivity contribution in [2.45, 2.75) is 25.3 Å². The average molecular weight is 308 g/mol. The van der Waals surface area contributed by atoms with Crippen molar-refractivity contribution in [3.63, 3.8) is 0 Å². The molecule has 1 aliphatic carbocycles. The summed E-state index contributed by atoms with van der Waals surface area (Å²) in [5.41, 5.74) is 0.352. The van der Waals surface area contributed by atoms with Gasteiger partial charge in [0.2, 0.25) is 0 Å². The maximum Gasteiger partial charge on any atom is 0.306 e. The van der Waals surface area contributed by atoms with Crippen LogP contribution in [-0.4, -0.2) is 23.0 Å². The molecule has 98 valence electrons. The lowest BCUT2D eigenvalue weighted by Gasteiger charge is -2.11. The predicted molar refractivity (Wildman–Crippen MR) is 70.6 cm³/mol. The van der Waals surface area contributed by atoms with Gasteiger partial charge in [0.05, 0.1) is 15.8 Å². The third-order valence-electron chi connectivity index (χ3n) is 3.02. The Hall–Kier alpha value is -0.780. The number of halogens is 2. The second-order valence-electron chi connectivity index (χ2n) is 4.26. The van der Waals surface area contributed by atoms with Crippen molar-refractivity contribution in [3.05, 3.63) is 20.3 Å². The van der Waals surface area contributed by atoms with Gasteiger partial charge in [0, 0.05) is 6.04 Å². The van der Waals surface area contributed by atoms with Crippen molar-refractivity contribution in [1.29, 1.82) is 0 Å². The molecule has 1 aliphatic rings. The molecule has 0 aliphatic heterocycles. The minimum Gasteiger partial charge on any atom is -0.481 e. The number of aliphatic carboxylic acids is 1. The Morgan fingerprint density at radius 2 is 2.11 bits per heavy atom. The van der Waals surface area contributed by atoms with Gasteiger partial charge in [-0.1, -0.05) is 23.2 Å². The zero-order chi connectivity index (χ0) is 13.3. The molecule has 7 heteroatoms. The molecule has 18 heavy (non-hydrogen) atoms. The Balaban J connectivity index is 1.97. The second kappa shape index (κ2) is 5.47. The lowest BCUT2D eigenvalue weighted by Crippen LogP contribution is -2.33. The van der Waals surface area contributed by atoms with Crippen molar-refractivity contribution in [2.75, 3.05) is 0 Å². The van der Waals surface area contributed by atoms with E-state index in [1.165, 1.54) is 6.07 Å². The SMILES string of the molecule is O=C(N[C@@H]1CC[C@H](C(=O)O)C1)c1cc(Cl)sc1Cl. The van der Waals surface area contributed by atoms with Crippen LogP contribution in [0.3, 0.4) is 0 Å². The first-order chi connectivity index (χ1) is 8.47. The summed E-state index contributed by atoms with van der Waals surface area (Å²) in [6, 6.07) is 1.42. The lowest BCUT2D eigenvalue weighted by atomic mass is 10.1. The smallest absolute Gasteiger partial charge is 0.306 e. The predicted octanol–water partition coefficient (Wildman–Crippen LogP) is 3.04. The molecule has 0 radical (unpaired) electrons. The van der Waals surface area contributed by atoms with Crippen molar-refractivity contribution in [1.82, 2.24) is 5.32 Å². The quantitative estimate of drug-likeness (QED) is 0.902. The molecular formula is C11H11Cl2NO3S. The van der Waals surface area contributed by atoms with E-state index in [-0.39, 0.29) is 17.9 Å². The molecule has 1 heterocycles. The number of carboxylic acids is 1. The Labute approximate surface area is 118 Å². The number of nitrogens with one attached hydrogen (secondary N) is 1. The Morgan fingerprint density at radius 3 is 2.61 bits per heavy atom. The van der Waals surface area contributed by atoms with Crippen LogP contribution in [0.1, 0.15) is 29.6 Å². The minimum absolute atomic E-state index is 0.103. The first-order valence-electron chi connectivity index (χ1n) is 5.46. The lowest BCUT2D eigenvalue weighted by molar-refractivity contribution is -0.141. The molecule has 2 rings (SSSR count). The molecule has 1 fully saturated rings. The van der Waals surface area contributed by atoms with Gasteiger partial charge in [0.1, 0.15) is 4.34 Å². The largest absolute Gasteiger partial charge is 0.481 e. The fraction of sp³-hybridized carbons (Fsp3) is 0.455. The van der Waals surface area contributed by atoms with Crippen LogP contribution in [0.2, 0.25) is 8.67 Å². The van der Waals surface area contributed by atoms with E-state index in [9.17, 15) is 9.59 Å². The first-order valence-corrected chi connectivity index (χ1v) is 7.03. The van der Waals surface area contributed by atoms with Gasteiger partial charge in [0.25, 0.3) is 5.91 Å². The van der Waals surface area contributed by atoms with E-state index in [0.717, 1.165) is 11.3 Å². The standard InChI is InChI=1S/C11H11Cl2NO3S/c12-8-4-7(9(13)18-8)10(15)14-6-2-1-5(3-6)11(16)17/h4-6H,1-3H2,(H,14,15)(H,16,17)/t5-,6+/m0/s1. The van der Waals surface area contributed by atoms with Crippen LogP contribution in [0, 0.1) is 5.92 Å². The highest BCUT2D eigenvalue weighted by atomic mass is 35.5. The van der Waals surface area contributed by atoms with E-state index >= 15 is 0 Å². The van der Waals surface area contributed by atoms with E-state index in [1.54, 1.807) is 0 Å². The van der Waals surface area contributed by atoms with Crippen molar-refractivity contribution in [3.8, 4) is 0 Å². The molecule has 0 bridgehead atoms. The number of carbonyl (C=O) groups excluding carboxylic acids is 1. The maximum atomic E-state index is 11.9. The summed E-state index contributed by atoms with van der Waals surface area (Å²) in [6.45, 7) is 0. The fourth-order valence-corrected chi connectivity index (χ4v) is 3.55. The highest BCUT2D eigenvalue weighted by Crippen LogP contribution is 2.32. The van der Waals surface area contributed by atoms with E-state index in [2.05, 4.69) is 5.32 Å². The summed E-state index contributed by atoms with van der Waals surface area (Å²) < 4.78 is 0.810. The third-order valence-corrected chi connectivity index (χ3v) is 4.51. The normalized spacial score (nSPS) is 23.0. The molecule has 0 spiro atoms. The second-order valence-corrected chi connectivity index (χ2v) is 6.54. The van der Waals surface area contributed by atoms with Gasteiger partial charge in [0.15, 0.2) is 0 Å². The number of amides is 1. The van der Waals surface area contributed by atoms with Crippen LogP contribution < -0.4 is 5.32 Å². The highest BCUT2D eigenvalue weighted by molar-refractivity contribution is 7.20. The number of hydrogen-bond donors (Lipinski definition) is 2. The Bertz CT molecular complexity index is 489. The van der Waals surface area contributed by atoms with Gasteiger partial charge in [-0.3, -0.25) is 9.59 Å². The number of hydrogen-bond acceptors (Lipinski definition) is 3. The number of carboxylic acid groups (broad SMARTS) is 1. The van der Waals surface area contributed by atoms with E-state index in [1.807, 2.05) is 0 Å². The monoisotopic (exact) mass is 307 g/mol. The topological polar surface area (TPSA) is 66.4 Å². The zero-order valence-corrected chi connectivity index (χ0v) is 11.6. The van der Waals surface area contributed by atoms with Gasteiger partial charge < -0.3 is 10.4 Å². The summed E-state index contributed by atoms with van der Waals surface area (Å²) >= 11 is 12.8. The van der Waals surface area contributed by atoms with Gasteiger partial charge in [-0.15, -0.1) is 11.3 Å². The van der Waals surface area contributed by atoms with Gasteiger partial charge in [-0.05, 0) is 25.3 Å². The van der Waals surface area contributed by atoms with E-state index in [4.69, 9.17) is 28.3 Å². The molecule has 4 nitrogen and oxygen atoms in total. The fourth-order valence-electron chi connectivity index (χ4n) is 2.10. The third kappa shape index (κ3) is 2.96. The molecule has 0 saturated heterocycles. The van der Waals surface area contributed by atoms with Gasteiger partial charge in [-0.25, -0.2) is 0 Å². The maximum absolute atomic E-state index is 11.9. The molecular weight excluding hydrogens is 297 g/mol. The molecule has 2 N–H and O–H groups in total.